The van der Waals surface area contributed by atoms with Crippen LogP contribution in [-0.2, 0) is 27.8 Å². The molecule has 1 N–H and O–H groups in total. The van der Waals surface area contributed by atoms with Crippen molar-refractivity contribution in [3.05, 3.63) is 29.3 Å². The molecule has 0 aliphatic carbocycles. The molecule has 1 aliphatic heterocycles. The van der Waals surface area contributed by atoms with E-state index in [2.05, 4.69) is 0 Å². The van der Waals surface area contributed by atoms with E-state index < -0.39 is 10.0 Å². The van der Waals surface area contributed by atoms with Crippen molar-refractivity contribution in [3.63, 3.8) is 0 Å². The van der Waals surface area contributed by atoms with E-state index >= 15 is 0 Å². The fourth-order valence-electron chi connectivity index (χ4n) is 2.58. The predicted octanol–water partition coefficient (Wildman–Crippen LogP) is 1.54. The lowest BCUT2D eigenvalue weighted by atomic mass is 10.1. The average Bonchev–Trinajstić information content (AvgIpc) is 2.71. The fourth-order valence-corrected chi connectivity index (χ4v) is 4.18. The lowest BCUT2D eigenvalue weighted by Gasteiger charge is -2.22. The molecule has 0 spiro atoms. The minimum Gasteiger partial charge on any atom is -0.392 e. The quantitative estimate of drug-likeness (QED) is 0.915. The molecule has 0 amide bonds. The maximum absolute atomic E-state index is 12.7. The van der Waals surface area contributed by atoms with Crippen LogP contribution in [0.4, 0.5) is 0 Å². The van der Waals surface area contributed by atoms with Crippen LogP contribution >= 0.6 is 0 Å². The second-order valence-electron chi connectivity index (χ2n) is 5.34. The molecule has 21 heavy (non-hydrogen) atoms. The minimum absolute atomic E-state index is 0.102. The molecular formula is C15H23NO4S. The largest absolute Gasteiger partial charge is 0.392 e. The van der Waals surface area contributed by atoms with Gasteiger partial charge >= 0.3 is 0 Å². The highest BCUT2D eigenvalue weighted by Crippen LogP contribution is 2.22. The molecule has 1 saturated heterocycles. The third-order valence-electron chi connectivity index (χ3n) is 3.78. The van der Waals surface area contributed by atoms with Crippen LogP contribution in [-0.4, -0.2) is 43.6 Å². The summed E-state index contributed by atoms with van der Waals surface area (Å²) in [5, 5.41) is 9.41. The summed E-state index contributed by atoms with van der Waals surface area (Å²) in [6, 6.07) is 5.00. The number of sulfonamides is 1. The Labute approximate surface area is 126 Å². The molecule has 1 aromatic rings. The molecule has 2 rings (SSSR count). The van der Waals surface area contributed by atoms with Gasteiger partial charge in [0, 0.05) is 19.7 Å². The first-order valence-electron chi connectivity index (χ1n) is 7.33. The highest BCUT2D eigenvalue weighted by molar-refractivity contribution is 7.89. The summed E-state index contributed by atoms with van der Waals surface area (Å²) < 4.78 is 32.5. The van der Waals surface area contributed by atoms with Gasteiger partial charge in [-0.3, -0.25) is 0 Å². The molecule has 1 fully saturated rings. The molecular weight excluding hydrogens is 290 g/mol. The molecule has 1 atom stereocenters. The first kappa shape index (κ1) is 16.4. The van der Waals surface area contributed by atoms with Crippen molar-refractivity contribution >= 4 is 10.0 Å². The first-order chi connectivity index (χ1) is 9.98. The van der Waals surface area contributed by atoms with Crippen molar-refractivity contribution in [1.82, 2.24) is 4.31 Å². The molecule has 1 heterocycles. The Hall–Kier alpha value is -0.950. The van der Waals surface area contributed by atoms with Crippen molar-refractivity contribution in [2.45, 2.75) is 44.3 Å². The summed E-state index contributed by atoms with van der Waals surface area (Å²) >= 11 is 0. The fraction of sp³-hybridized carbons (Fsp3) is 0.600. The normalized spacial score (nSPS) is 21.2. The van der Waals surface area contributed by atoms with Crippen LogP contribution in [0.1, 0.15) is 31.4 Å². The Balaban J connectivity index is 2.34. The topological polar surface area (TPSA) is 66.8 Å². The highest BCUT2D eigenvalue weighted by atomic mass is 32.2. The zero-order valence-electron chi connectivity index (χ0n) is 12.6. The highest BCUT2D eigenvalue weighted by Gasteiger charge is 2.28. The second-order valence-corrected chi connectivity index (χ2v) is 7.28. The Morgan fingerprint density at radius 2 is 2.14 bits per heavy atom. The maximum Gasteiger partial charge on any atom is 0.243 e. The standard InChI is InChI=1S/C15H23NO4S/c1-3-13-5-6-15(9-14(13)11-17)21(18,19)16-7-4-8-20-12(2)10-16/h5-6,9,12,17H,3-4,7-8,10-11H2,1-2H3. The van der Waals surface area contributed by atoms with Crippen LogP contribution in [0.5, 0.6) is 0 Å². The Bertz CT molecular complexity index is 585. The molecule has 1 aliphatic rings. The van der Waals surface area contributed by atoms with Gasteiger partial charge in [0.25, 0.3) is 0 Å². The van der Waals surface area contributed by atoms with E-state index in [1.807, 2.05) is 13.8 Å². The monoisotopic (exact) mass is 313 g/mol. The van der Waals surface area contributed by atoms with E-state index in [0.717, 1.165) is 12.0 Å². The lowest BCUT2D eigenvalue weighted by molar-refractivity contribution is 0.0752. The van der Waals surface area contributed by atoms with E-state index in [4.69, 9.17) is 4.74 Å². The zero-order valence-corrected chi connectivity index (χ0v) is 13.4. The summed E-state index contributed by atoms with van der Waals surface area (Å²) in [6.45, 7) is 5.14. The van der Waals surface area contributed by atoms with E-state index in [1.54, 1.807) is 18.2 Å². The Morgan fingerprint density at radius 1 is 1.38 bits per heavy atom. The molecule has 5 nitrogen and oxygen atoms in total. The summed E-state index contributed by atoms with van der Waals surface area (Å²) in [5.74, 6) is 0. The first-order valence-corrected chi connectivity index (χ1v) is 8.77. The molecule has 1 unspecified atom stereocenters. The summed E-state index contributed by atoms with van der Waals surface area (Å²) in [7, 11) is -3.53. The lowest BCUT2D eigenvalue weighted by Crippen LogP contribution is -2.36. The van der Waals surface area contributed by atoms with E-state index in [9.17, 15) is 13.5 Å². The SMILES string of the molecule is CCc1ccc(S(=O)(=O)N2CCCOC(C)C2)cc1CO. The van der Waals surface area contributed by atoms with Gasteiger partial charge in [0.2, 0.25) is 10.0 Å². The van der Waals surface area contributed by atoms with Gasteiger partial charge in [-0.2, -0.15) is 4.31 Å². The van der Waals surface area contributed by atoms with Gasteiger partial charge in [-0.1, -0.05) is 13.0 Å². The number of aliphatic hydroxyl groups excluding tert-OH is 1. The number of ether oxygens (including phenoxy) is 1. The smallest absolute Gasteiger partial charge is 0.243 e. The van der Waals surface area contributed by atoms with Gasteiger partial charge in [0.05, 0.1) is 17.6 Å². The molecule has 118 valence electrons. The van der Waals surface area contributed by atoms with Crippen LogP contribution in [0.3, 0.4) is 0 Å². The Morgan fingerprint density at radius 3 is 2.81 bits per heavy atom. The number of hydrogen-bond donors (Lipinski definition) is 1. The molecule has 0 saturated carbocycles. The zero-order chi connectivity index (χ0) is 15.5. The van der Waals surface area contributed by atoms with Crippen molar-refractivity contribution in [3.8, 4) is 0 Å². The molecule has 0 radical (unpaired) electrons. The third kappa shape index (κ3) is 3.63. The van der Waals surface area contributed by atoms with Crippen molar-refractivity contribution < 1.29 is 18.3 Å². The number of nitrogens with zero attached hydrogens (tertiary/aromatic N) is 1. The number of hydrogen-bond acceptors (Lipinski definition) is 4. The average molecular weight is 313 g/mol. The number of benzene rings is 1. The van der Waals surface area contributed by atoms with Gasteiger partial charge in [0.15, 0.2) is 0 Å². The number of aryl methyl sites for hydroxylation is 1. The van der Waals surface area contributed by atoms with Gasteiger partial charge in [-0.05, 0) is 43.0 Å². The van der Waals surface area contributed by atoms with Crippen LogP contribution in [0, 0.1) is 0 Å². The van der Waals surface area contributed by atoms with Gasteiger partial charge in [-0.15, -0.1) is 0 Å². The summed E-state index contributed by atoms with van der Waals surface area (Å²) in [6.07, 6.45) is 1.36. The number of rotatable bonds is 4. The second kappa shape index (κ2) is 6.87. The molecule has 0 aromatic heterocycles. The van der Waals surface area contributed by atoms with Crippen LogP contribution < -0.4 is 0 Å². The summed E-state index contributed by atoms with van der Waals surface area (Å²) in [4.78, 5) is 0.248. The molecule has 1 aromatic carbocycles. The van der Waals surface area contributed by atoms with Crippen LogP contribution in [0.15, 0.2) is 23.1 Å². The van der Waals surface area contributed by atoms with Crippen molar-refractivity contribution in [2.75, 3.05) is 19.7 Å². The summed E-state index contributed by atoms with van der Waals surface area (Å²) in [5.41, 5.74) is 1.65. The van der Waals surface area contributed by atoms with Gasteiger partial charge in [-0.25, -0.2) is 8.42 Å². The molecule has 6 heteroatoms. The Kier molecular flexibility index (Phi) is 5.37. The van der Waals surface area contributed by atoms with Crippen molar-refractivity contribution in [1.29, 1.82) is 0 Å². The maximum atomic E-state index is 12.7. The van der Waals surface area contributed by atoms with E-state index in [-0.39, 0.29) is 17.6 Å². The predicted molar refractivity (Wildman–Crippen MR) is 80.5 cm³/mol. The van der Waals surface area contributed by atoms with E-state index in [0.29, 0.717) is 31.7 Å². The van der Waals surface area contributed by atoms with E-state index in [1.165, 1.54) is 4.31 Å². The van der Waals surface area contributed by atoms with Crippen LogP contribution in [0.25, 0.3) is 0 Å². The molecule has 0 bridgehead atoms. The third-order valence-corrected chi connectivity index (χ3v) is 5.64. The van der Waals surface area contributed by atoms with Gasteiger partial charge < -0.3 is 9.84 Å². The number of aliphatic hydroxyl groups is 1. The van der Waals surface area contributed by atoms with Crippen LogP contribution in [0.2, 0.25) is 0 Å². The van der Waals surface area contributed by atoms with Crippen molar-refractivity contribution in [2.24, 2.45) is 0 Å². The van der Waals surface area contributed by atoms with Gasteiger partial charge in [0.1, 0.15) is 0 Å². The minimum atomic E-state index is -3.53.